The van der Waals surface area contributed by atoms with Gasteiger partial charge in [-0.1, -0.05) is 13.8 Å². The molecular weight excluding hydrogens is 242 g/mol. The number of aromatic nitrogens is 1. The number of nitrogen functional groups attached to an aromatic ring is 1. The van der Waals surface area contributed by atoms with Crippen LogP contribution in [-0.4, -0.2) is 23.0 Å². The fourth-order valence-corrected chi connectivity index (χ4v) is 3.73. The van der Waals surface area contributed by atoms with Gasteiger partial charge in [-0.15, -0.1) is 11.3 Å². The molecule has 1 fully saturated rings. The summed E-state index contributed by atoms with van der Waals surface area (Å²) in [5.41, 5.74) is 5.67. The van der Waals surface area contributed by atoms with Crippen molar-refractivity contribution in [3.8, 4) is 0 Å². The normalized spacial score (nSPS) is 24.9. The van der Waals surface area contributed by atoms with Crippen molar-refractivity contribution in [3.05, 3.63) is 11.1 Å². The van der Waals surface area contributed by atoms with Crippen molar-refractivity contribution in [1.29, 1.82) is 0 Å². The Morgan fingerprint density at radius 2 is 2.06 bits per heavy atom. The van der Waals surface area contributed by atoms with E-state index in [1.54, 1.807) is 11.3 Å². The average molecular weight is 267 g/mol. The summed E-state index contributed by atoms with van der Waals surface area (Å²) in [6, 6.07) is 0.739. The van der Waals surface area contributed by atoms with Crippen molar-refractivity contribution < 1.29 is 0 Å². The monoisotopic (exact) mass is 267 g/mol. The minimum Gasteiger partial charge on any atom is -0.375 e. The van der Waals surface area contributed by atoms with Crippen molar-refractivity contribution in [1.82, 2.24) is 9.88 Å². The summed E-state index contributed by atoms with van der Waals surface area (Å²) in [5, 5.41) is 0.682. The quantitative estimate of drug-likeness (QED) is 0.909. The van der Waals surface area contributed by atoms with Crippen LogP contribution in [0.4, 0.5) is 5.13 Å². The standard InChI is InChI=1S/C14H25N3S/c1-10(2)11-4-6-12(7-5-11)17(3)9-13-8-16-14(15)18-13/h8,10-12H,4-7,9H2,1-3H3,(H2,15,16). The Bertz CT molecular complexity index is 367. The second-order valence-corrected chi connectivity index (χ2v) is 7.04. The predicted molar refractivity (Wildman–Crippen MR) is 78.6 cm³/mol. The Balaban J connectivity index is 1.82. The first-order valence-electron chi connectivity index (χ1n) is 6.96. The second-order valence-electron chi connectivity index (χ2n) is 5.89. The van der Waals surface area contributed by atoms with Gasteiger partial charge in [-0.25, -0.2) is 4.98 Å². The van der Waals surface area contributed by atoms with Gasteiger partial charge < -0.3 is 5.73 Å². The summed E-state index contributed by atoms with van der Waals surface area (Å²) in [6.07, 6.45) is 7.37. The maximum absolute atomic E-state index is 5.67. The number of anilines is 1. The molecule has 3 nitrogen and oxygen atoms in total. The smallest absolute Gasteiger partial charge is 0.180 e. The van der Waals surface area contributed by atoms with E-state index in [2.05, 4.69) is 30.8 Å². The van der Waals surface area contributed by atoms with Crippen molar-refractivity contribution in [2.24, 2.45) is 11.8 Å². The first-order chi connectivity index (χ1) is 8.56. The summed E-state index contributed by atoms with van der Waals surface area (Å²) >= 11 is 1.61. The zero-order valence-electron chi connectivity index (χ0n) is 11.7. The van der Waals surface area contributed by atoms with Crippen LogP contribution >= 0.6 is 11.3 Å². The highest BCUT2D eigenvalue weighted by Crippen LogP contribution is 2.32. The maximum Gasteiger partial charge on any atom is 0.180 e. The first-order valence-corrected chi connectivity index (χ1v) is 7.78. The van der Waals surface area contributed by atoms with Crippen LogP contribution in [0.15, 0.2) is 6.20 Å². The lowest BCUT2D eigenvalue weighted by Gasteiger charge is -2.35. The summed E-state index contributed by atoms with van der Waals surface area (Å²) in [4.78, 5) is 7.87. The zero-order valence-corrected chi connectivity index (χ0v) is 12.5. The predicted octanol–water partition coefficient (Wildman–Crippen LogP) is 3.37. The molecule has 0 unspecified atom stereocenters. The SMILES string of the molecule is CC(C)C1CCC(N(C)Cc2cnc(N)s2)CC1. The molecule has 0 bridgehead atoms. The van der Waals surface area contributed by atoms with Crippen LogP contribution in [0.25, 0.3) is 0 Å². The highest BCUT2D eigenvalue weighted by Gasteiger charge is 2.25. The van der Waals surface area contributed by atoms with Crippen LogP contribution in [0.5, 0.6) is 0 Å². The Labute approximate surface area is 114 Å². The third kappa shape index (κ3) is 3.45. The molecule has 0 amide bonds. The molecular formula is C14H25N3S. The lowest BCUT2D eigenvalue weighted by Crippen LogP contribution is -2.35. The second kappa shape index (κ2) is 6.02. The number of nitrogens with two attached hydrogens (primary N) is 1. The van der Waals surface area contributed by atoms with E-state index in [-0.39, 0.29) is 0 Å². The molecule has 1 aromatic heterocycles. The highest BCUT2D eigenvalue weighted by atomic mass is 32.1. The Kier molecular flexibility index (Phi) is 4.62. The fraction of sp³-hybridized carbons (Fsp3) is 0.786. The van der Waals surface area contributed by atoms with Crippen molar-refractivity contribution in [2.45, 2.75) is 52.1 Å². The number of hydrogen-bond acceptors (Lipinski definition) is 4. The molecule has 0 spiro atoms. The molecule has 1 aliphatic rings. The molecule has 4 heteroatoms. The first kappa shape index (κ1) is 13.8. The molecule has 0 radical (unpaired) electrons. The van der Waals surface area contributed by atoms with Crippen LogP contribution in [0.3, 0.4) is 0 Å². The molecule has 0 aromatic carbocycles. The third-order valence-corrected chi connectivity index (χ3v) is 5.10. The van der Waals surface area contributed by atoms with E-state index < -0.39 is 0 Å². The largest absolute Gasteiger partial charge is 0.375 e. The lowest BCUT2D eigenvalue weighted by molar-refractivity contribution is 0.143. The molecule has 1 aliphatic carbocycles. The van der Waals surface area contributed by atoms with Gasteiger partial charge in [-0.05, 0) is 44.6 Å². The number of thiazole rings is 1. The molecule has 1 heterocycles. The fourth-order valence-electron chi connectivity index (χ4n) is 2.98. The highest BCUT2D eigenvalue weighted by molar-refractivity contribution is 7.15. The van der Waals surface area contributed by atoms with E-state index in [1.807, 2.05) is 6.20 Å². The molecule has 0 saturated heterocycles. The van der Waals surface area contributed by atoms with E-state index >= 15 is 0 Å². The maximum atomic E-state index is 5.67. The van der Waals surface area contributed by atoms with Crippen molar-refractivity contribution >= 4 is 16.5 Å². The number of hydrogen-bond donors (Lipinski definition) is 1. The average Bonchev–Trinajstić information content (AvgIpc) is 2.75. The molecule has 18 heavy (non-hydrogen) atoms. The minimum absolute atomic E-state index is 0.682. The van der Waals surface area contributed by atoms with Crippen molar-refractivity contribution in [2.75, 3.05) is 12.8 Å². The van der Waals surface area contributed by atoms with Gasteiger partial charge in [0.15, 0.2) is 5.13 Å². The minimum atomic E-state index is 0.682. The van der Waals surface area contributed by atoms with Gasteiger partial charge >= 0.3 is 0 Å². The molecule has 0 atom stereocenters. The zero-order chi connectivity index (χ0) is 13.1. The van der Waals surface area contributed by atoms with E-state index in [9.17, 15) is 0 Å². The topological polar surface area (TPSA) is 42.2 Å². The van der Waals surface area contributed by atoms with E-state index in [0.29, 0.717) is 5.13 Å². The number of rotatable bonds is 4. The van der Waals surface area contributed by atoms with Gasteiger partial charge in [-0.3, -0.25) is 4.90 Å². The van der Waals surface area contributed by atoms with Crippen LogP contribution in [0.1, 0.15) is 44.4 Å². The van der Waals surface area contributed by atoms with E-state index in [4.69, 9.17) is 5.73 Å². The summed E-state index contributed by atoms with van der Waals surface area (Å²) in [5.74, 6) is 1.78. The molecule has 1 saturated carbocycles. The van der Waals surface area contributed by atoms with Gasteiger partial charge in [0.25, 0.3) is 0 Å². The molecule has 102 valence electrons. The Hall–Kier alpha value is -0.610. The van der Waals surface area contributed by atoms with Gasteiger partial charge in [-0.2, -0.15) is 0 Å². The molecule has 2 N–H and O–H groups in total. The van der Waals surface area contributed by atoms with Crippen LogP contribution in [0.2, 0.25) is 0 Å². The third-order valence-electron chi connectivity index (χ3n) is 4.28. The Morgan fingerprint density at radius 1 is 1.39 bits per heavy atom. The lowest BCUT2D eigenvalue weighted by atomic mass is 9.79. The molecule has 0 aliphatic heterocycles. The Morgan fingerprint density at radius 3 is 2.56 bits per heavy atom. The van der Waals surface area contributed by atoms with Crippen LogP contribution < -0.4 is 5.73 Å². The summed E-state index contributed by atoms with van der Waals surface area (Å²) in [6.45, 7) is 5.70. The summed E-state index contributed by atoms with van der Waals surface area (Å²) in [7, 11) is 2.23. The van der Waals surface area contributed by atoms with Crippen LogP contribution in [-0.2, 0) is 6.54 Å². The van der Waals surface area contributed by atoms with Gasteiger partial charge in [0.1, 0.15) is 0 Å². The molecule has 2 rings (SSSR count). The van der Waals surface area contributed by atoms with Gasteiger partial charge in [0.05, 0.1) is 0 Å². The number of nitrogens with zero attached hydrogens (tertiary/aromatic N) is 2. The van der Waals surface area contributed by atoms with Crippen LogP contribution in [0, 0.1) is 11.8 Å². The van der Waals surface area contributed by atoms with E-state index in [0.717, 1.165) is 24.4 Å². The van der Waals surface area contributed by atoms with E-state index in [1.165, 1.54) is 30.6 Å². The van der Waals surface area contributed by atoms with Gasteiger partial charge in [0, 0.05) is 23.7 Å². The van der Waals surface area contributed by atoms with Crippen molar-refractivity contribution in [3.63, 3.8) is 0 Å². The summed E-state index contributed by atoms with van der Waals surface area (Å²) < 4.78 is 0. The van der Waals surface area contributed by atoms with Gasteiger partial charge in [0.2, 0.25) is 0 Å². The molecule has 1 aromatic rings.